The summed E-state index contributed by atoms with van der Waals surface area (Å²) < 4.78 is 0. The fourth-order valence-corrected chi connectivity index (χ4v) is 2.61. The highest BCUT2D eigenvalue weighted by atomic mass is 32.1. The minimum absolute atomic E-state index is 0.0459. The first-order valence-corrected chi connectivity index (χ1v) is 5.84. The van der Waals surface area contributed by atoms with Gasteiger partial charge in [-0.05, 0) is 19.8 Å². The number of nitrogens with zero attached hydrogens (tertiary/aromatic N) is 2. The van der Waals surface area contributed by atoms with Gasteiger partial charge >= 0.3 is 5.69 Å². The molecule has 5 nitrogen and oxygen atoms in total. The van der Waals surface area contributed by atoms with E-state index in [9.17, 15) is 14.9 Å². The zero-order chi connectivity index (χ0) is 11.9. The summed E-state index contributed by atoms with van der Waals surface area (Å²) in [4.78, 5) is 24.0. The maximum Gasteiger partial charge on any atom is 0.304 e. The van der Waals surface area contributed by atoms with Gasteiger partial charge < -0.3 is 4.90 Å². The summed E-state index contributed by atoms with van der Waals surface area (Å²) in [5.74, 6) is -0.122. The molecule has 0 N–H and O–H groups in total. The van der Waals surface area contributed by atoms with Crippen molar-refractivity contribution >= 4 is 27.8 Å². The van der Waals surface area contributed by atoms with E-state index >= 15 is 0 Å². The first-order valence-electron chi connectivity index (χ1n) is 5.02. The lowest BCUT2D eigenvalue weighted by Crippen LogP contribution is -2.18. The number of hydrogen-bond donors (Lipinski definition) is 0. The van der Waals surface area contributed by atoms with Gasteiger partial charge in [0.2, 0.25) is 0 Å². The van der Waals surface area contributed by atoms with Crippen LogP contribution in [0.5, 0.6) is 0 Å². The maximum atomic E-state index is 11.2. The molecular formula is C10H12N2O3S. The van der Waals surface area contributed by atoms with E-state index in [1.54, 1.807) is 0 Å². The van der Waals surface area contributed by atoms with Gasteiger partial charge in [-0.25, -0.2) is 0 Å². The number of hydrogen-bond acceptors (Lipinski definition) is 5. The van der Waals surface area contributed by atoms with Crippen molar-refractivity contribution in [2.45, 2.75) is 25.8 Å². The highest BCUT2D eigenvalue weighted by molar-refractivity contribution is 7.18. The monoisotopic (exact) mass is 240 g/mol. The average molecular weight is 240 g/mol. The van der Waals surface area contributed by atoms with Crippen LogP contribution in [-0.4, -0.2) is 23.8 Å². The highest BCUT2D eigenvalue weighted by Gasteiger charge is 2.32. The molecule has 0 saturated heterocycles. The Morgan fingerprint density at radius 1 is 1.62 bits per heavy atom. The number of nitro groups is 1. The quantitative estimate of drug-likeness (QED) is 0.460. The molecule has 0 atom stereocenters. The summed E-state index contributed by atoms with van der Waals surface area (Å²) in [6, 6.07) is 1.78. The van der Waals surface area contributed by atoms with Crippen molar-refractivity contribution in [3.63, 3.8) is 0 Å². The topological polar surface area (TPSA) is 63.4 Å². The first-order chi connectivity index (χ1) is 7.50. The third-order valence-corrected chi connectivity index (χ3v) is 3.97. The van der Waals surface area contributed by atoms with E-state index in [4.69, 9.17) is 0 Å². The number of carbonyl (C=O) groups excluding carboxylic acids is 1. The summed E-state index contributed by atoms with van der Waals surface area (Å²) in [5, 5.41) is 11.5. The van der Waals surface area contributed by atoms with E-state index in [1.807, 2.05) is 11.9 Å². The van der Waals surface area contributed by atoms with E-state index in [-0.39, 0.29) is 11.5 Å². The molecule has 1 heterocycles. The van der Waals surface area contributed by atoms with Crippen molar-refractivity contribution in [2.24, 2.45) is 0 Å². The van der Waals surface area contributed by atoms with Crippen LogP contribution in [0.25, 0.3) is 0 Å². The molecule has 0 unspecified atom stereocenters. The Labute approximate surface area is 96.8 Å². The molecule has 0 aliphatic heterocycles. The molecule has 6 heteroatoms. The molecule has 1 fully saturated rings. The molecule has 1 aliphatic carbocycles. The number of rotatable bonds is 4. The summed E-state index contributed by atoms with van der Waals surface area (Å²) >= 11 is 1.21. The summed E-state index contributed by atoms with van der Waals surface area (Å²) in [5.41, 5.74) is 0.0459. The van der Waals surface area contributed by atoms with Crippen LogP contribution in [0.2, 0.25) is 0 Å². The number of carbonyl (C=O) groups is 1. The lowest BCUT2D eigenvalue weighted by atomic mass is 10.3. The minimum atomic E-state index is -0.419. The lowest BCUT2D eigenvalue weighted by Gasteiger charge is -2.14. The predicted molar refractivity (Wildman–Crippen MR) is 62.4 cm³/mol. The number of thiophene rings is 1. The van der Waals surface area contributed by atoms with Crippen LogP contribution in [0.1, 0.15) is 29.4 Å². The van der Waals surface area contributed by atoms with Gasteiger partial charge in [-0.15, -0.1) is 11.3 Å². The molecule has 86 valence electrons. The Balaban J connectivity index is 2.40. The molecule has 2 rings (SSSR count). The van der Waals surface area contributed by atoms with Crippen molar-refractivity contribution in [3.05, 3.63) is 21.1 Å². The standard InChI is InChI=1S/C10H12N2O3S/c1-6(13)9-5-8(12(14)15)10(16-9)11(2)7-3-4-7/h5,7H,3-4H2,1-2H3. The third kappa shape index (κ3) is 1.92. The van der Waals surface area contributed by atoms with Crippen LogP contribution >= 0.6 is 11.3 Å². The van der Waals surface area contributed by atoms with E-state index in [0.29, 0.717) is 15.9 Å². The van der Waals surface area contributed by atoms with Crippen LogP contribution in [0.4, 0.5) is 10.7 Å². The van der Waals surface area contributed by atoms with Gasteiger partial charge in [0.1, 0.15) is 0 Å². The second-order valence-corrected chi connectivity index (χ2v) is 4.99. The summed E-state index contributed by atoms with van der Waals surface area (Å²) in [7, 11) is 1.85. The van der Waals surface area contributed by atoms with Gasteiger partial charge in [-0.3, -0.25) is 14.9 Å². The molecule has 0 bridgehead atoms. The molecule has 16 heavy (non-hydrogen) atoms. The Morgan fingerprint density at radius 3 is 2.69 bits per heavy atom. The molecule has 0 spiro atoms. The number of anilines is 1. The van der Waals surface area contributed by atoms with Crippen LogP contribution in [0.15, 0.2) is 6.07 Å². The van der Waals surface area contributed by atoms with Gasteiger partial charge in [0.15, 0.2) is 10.8 Å². The molecule has 1 aliphatic rings. The third-order valence-electron chi connectivity index (χ3n) is 2.65. The van der Waals surface area contributed by atoms with Gasteiger partial charge in [-0.1, -0.05) is 0 Å². The Morgan fingerprint density at radius 2 is 2.25 bits per heavy atom. The van der Waals surface area contributed by atoms with E-state index in [2.05, 4.69) is 0 Å². The average Bonchev–Trinajstić information content (AvgIpc) is 2.94. The Kier molecular flexibility index (Phi) is 2.67. The Hall–Kier alpha value is -1.43. The van der Waals surface area contributed by atoms with Gasteiger partial charge in [0.25, 0.3) is 0 Å². The molecule has 0 amide bonds. The predicted octanol–water partition coefficient (Wildman–Crippen LogP) is 2.46. The number of ketones is 1. The van der Waals surface area contributed by atoms with E-state index in [1.165, 1.54) is 24.3 Å². The van der Waals surface area contributed by atoms with Crippen LogP contribution in [-0.2, 0) is 0 Å². The van der Waals surface area contributed by atoms with Gasteiger partial charge in [-0.2, -0.15) is 0 Å². The minimum Gasteiger partial charge on any atom is -0.358 e. The fraction of sp³-hybridized carbons (Fsp3) is 0.500. The second kappa shape index (κ2) is 3.86. The van der Waals surface area contributed by atoms with Crippen molar-refractivity contribution in [2.75, 3.05) is 11.9 Å². The maximum absolute atomic E-state index is 11.2. The molecule has 1 aromatic rings. The molecule has 1 aromatic heterocycles. The SMILES string of the molecule is CC(=O)c1cc([N+](=O)[O-])c(N(C)C2CC2)s1. The fourth-order valence-electron chi connectivity index (χ4n) is 1.56. The molecule has 1 saturated carbocycles. The van der Waals surface area contributed by atoms with Crippen LogP contribution < -0.4 is 4.90 Å². The van der Waals surface area contributed by atoms with Crippen molar-refractivity contribution in [3.8, 4) is 0 Å². The van der Waals surface area contributed by atoms with Gasteiger partial charge in [0, 0.05) is 19.2 Å². The Bertz CT molecular complexity index is 451. The van der Waals surface area contributed by atoms with Gasteiger partial charge in [0.05, 0.1) is 9.80 Å². The highest BCUT2D eigenvalue weighted by Crippen LogP contribution is 2.41. The zero-order valence-corrected chi connectivity index (χ0v) is 9.91. The first kappa shape index (κ1) is 11.1. The summed E-state index contributed by atoms with van der Waals surface area (Å²) in [6.45, 7) is 1.43. The van der Waals surface area contributed by atoms with Crippen molar-refractivity contribution in [1.82, 2.24) is 0 Å². The lowest BCUT2D eigenvalue weighted by molar-refractivity contribution is -0.383. The smallest absolute Gasteiger partial charge is 0.304 e. The van der Waals surface area contributed by atoms with E-state index < -0.39 is 4.92 Å². The van der Waals surface area contributed by atoms with Crippen LogP contribution in [0.3, 0.4) is 0 Å². The molecule has 0 radical (unpaired) electrons. The van der Waals surface area contributed by atoms with Crippen LogP contribution in [0, 0.1) is 10.1 Å². The number of Topliss-reactive ketones (excluding diaryl/α,β-unsaturated/α-hetero) is 1. The normalized spacial score (nSPS) is 14.9. The molecule has 0 aromatic carbocycles. The molecular weight excluding hydrogens is 228 g/mol. The second-order valence-electron chi connectivity index (χ2n) is 3.96. The summed E-state index contributed by atoms with van der Waals surface area (Å²) in [6.07, 6.45) is 2.14. The zero-order valence-electron chi connectivity index (χ0n) is 9.10. The van der Waals surface area contributed by atoms with E-state index in [0.717, 1.165) is 12.8 Å². The van der Waals surface area contributed by atoms with Crippen molar-refractivity contribution in [1.29, 1.82) is 0 Å². The van der Waals surface area contributed by atoms with Crippen molar-refractivity contribution < 1.29 is 9.72 Å². The largest absolute Gasteiger partial charge is 0.358 e.